The van der Waals surface area contributed by atoms with Gasteiger partial charge in [-0.05, 0) is 43.0 Å². The van der Waals surface area contributed by atoms with Gasteiger partial charge in [0, 0.05) is 18.2 Å². The van der Waals surface area contributed by atoms with Gasteiger partial charge in [0.25, 0.3) is 0 Å². The molecule has 0 saturated carbocycles. The van der Waals surface area contributed by atoms with Gasteiger partial charge in [-0.15, -0.1) is 0 Å². The van der Waals surface area contributed by atoms with Crippen LogP contribution in [-0.2, 0) is 31.1 Å². The van der Waals surface area contributed by atoms with Crippen LogP contribution in [0, 0.1) is 11.8 Å². The van der Waals surface area contributed by atoms with E-state index in [0.717, 1.165) is 18.4 Å². The van der Waals surface area contributed by atoms with Gasteiger partial charge in [0.05, 0.1) is 35.2 Å². The fourth-order valence-electron chi connectivity index (χ4n) is 6.09. The molecule has 0 aliphatic carbocycles. The normalized spacial score (nSPS) is 31.9. The number of carbonyl (C=O) groups excluding carboxylic acids is 3. The number of nitrogens with zero attached hydrogens (tertiary/aromatic N) is 1. The molecule has 6 rings (SSSR count). The maximum Gasteiger partial charge on any atom is 0.250 e. The average molecular weight is 482 g/mol. The first-order valence-electron chi connectivity index (χ1n) is 11.5. The first kappa shape index (κ1) is 21.6. The monoisotopic (exact) mass is 481 g/mol. The summed E-state index contributed by atoms with van der Waals surface area (Å²) in [4.78, 5) is 42.3. The molecule has 176 valence electrons. The molecule has 3 amide bonds. The highest BCUT2D eigenvalue weighted by Crippen LogP contribution is 2.54. The smallest absolute Gasteiger partial charge is 0.250 e. The lowest BCUT2D eigenvalue weighted by Gasteiger charge is -2.30. The molecule has 1 spiro atoms. The molecule has 0 aromatic heterocycles. The number of imide groups is 1. The van der Waals surface area contributed by atoms with E-state index < -0.39 is 23.4 Å². The molecule has 5 atom stereocenters. The van der Waals surface area contributed by atoms with E-state index >= 15 is 0 Å². The lowest BCUT2D eigenvalue weighted by atomic mass is 9.76. The van der Waals surface area contributed by atoms with Gasteiger partial charge in [-0.1, -0.05) is 35.9 Å². The zero-order valence-electron chi connectivity index (χ0n) is 18.3. The minimum absolute atomic E-state index is 0.145. The van der Waals surface area contributed by atoms with E-state index in [1.165, 1.54) is 4.90 Å². The highest BCUT2D eigenvalue weighted by atomic mass is 35.5. The van der Waals surface area contributed by atoms with E-state index in [9.17, 15) is 19.5 Å². The van der Waals surface area contributed by atoms with Gasteiger partial charge in [0.1, 0.15) is 11.3 Å². The first-order chi connectivity index (χ1) is 16.4. The van der Waals surface area contributed by atoms with E-state index in [-0.39, 0.29) is 36.1 Å². The molecule has 3 N–H and O–H groups in total. The zero-order chi connectivity index (χ0) is 23.6. The summed E-state index contributed by atoms with van der Waals surface area (Å²) in [6.45, 7) is 0.827. The predicted molar refractivity (Wildman–Crippen MR) is 123 cm³/mol. The number of halogens is 1. The minimum Gasteiger partial charge on any atom is -0.508 e. The molecular weight excluding hydrogens is 458 g/mol. The summed E-state index contributed by atoms with van der Waals surface area (Å²) >= 11 is 6.38. The Morgan fingerprint density at radius 2 is 1.91 bits per heavy atom. The van der Waals surface area contributed by atoms with Crippen molar-refractivity contribution in [1.29, 1.82) is 0 Å². The minimum atomic E-state index is -1.38. The Morgan fingerprint density at radius 1 is 1.12 bits per heavy atom. The molecule has 9 heteroatoms. The zero-order valence-corrected chi connectivity index (χ0v) is 19.0. The Kier molecular flexibility index (Phi) is 4.95. The number of likely N-dealkylation sites (tertiary alicyclic amines) is 1. The van der Waals surface area contributed by atoms with E-state index in [4.69, 9.17) is 16.3 Å². The molecule has 2 aromatic carbocycles. The number of aromatic hydroxyl groups is 1. The molecule has 4 heterocycles. The third kappa shape index (κ3) is 3.02. The molecule has 34 heavy (non-hydrogen) atoms. The third-order valence-electron chi connectivity index (χ3n) is 7.59. The number of rotatable bonds is 4. The van der Waals surface area contributed by atoms with Crippen molar-refractivity contribution >= 4 is 35.0 Å². The predicted octanol–water partition coefficient (Wildman–Crippen LogP) is 2.19. The number of nitrogens with one attached hydrogen (secondary N) is 2. The van der Waals surface area contributed by atoms with Gasteiger partial charge in [0.15, 0.2) is 0 Å². The van der Waals surface area contributed by atoms with E-state index in [1.807, 2.05) is 0 Å². The van der Waals surface area contributed by atoms with Crippen LogP contribution < -0.4 is 10.6 Å². The number of phenols is 1. The molecule has 4 aliphatic heterocycles. The SMILES string of the molecule is O=C1[C@@H]2[C@H](Cc3ccc(O)cc3)N[C@]3(C(=O)Nc4c(Cl)cccc43)[C@@H]2C(=O)N1C[C@@H]1CCCO1. The van der Waals surface area contributed by atoms with Crippen LogP contribution in [-0.4, -0.2) is 53.0 Å². The van der Waals surface area contributed by atoms with Gasteiger partial charge < -0.3 is 15.2 Å². The molecule has 3 fully saturated rings. The van der Waals surface area contributed by atoms with Crippen molar-refractivity contribution in [2.24, 2.45) is 11.8 Å². The maximum atomic E-state index is 13.8. The molecule has 4 aliphatic rings. The molecule has 0 radical (unpaired) electrons. The van der Waals surface area contributed by atoms with Crippen LogP contribution in [0.25, 0.3) is 0 Å². The van der Waals surface area contributed by atoms with Crippen molar-refractivity contribution in [3.05, 3.63) is 58.6 Å². The van der Waals surface area contributed by atoms with Crippen molar-refractivity contribution in [2.45, 2.75) is 36.9 Å². The number of ether oxygens (including phenoxy) is 1. The van der Waals surface area contributed by atoms with Crippen molar-refractivity contribution in [3.8, 4) is 5.75 Å². The number of para-hydroxylation sites is 1. The largest absolute Gasteiger partial charge is 0.508 e. The molecule has 0 bridgehead atoms. The average Bonchev–Trinajstić information content (AvgIpc) is 3.56. The van der Waals surface area contributed by atoms with Gasteiger partial charge in [-0.3, -0.25) is 24.6 Å². The number of carbonyl (C=O) groups is 3. The van der Waals surface area contributed by atoms with Crippen LogP contribution in [0.1, 0.15) is 24.0 Å². The highest BCUT2D eigenvalue weighted by molar-refractivity contribution is 6.35. The summed E-state index contributed by atoms with van der Waals surface area (Å²) < 4.78 is 5.70. The summed E-state index contributed by atoms with van der Waals surface area (Å²) in [5.41, 5.74) is 0.565. The molecule has 2 aromatic rings. The van der Waals surface area contributed by atoms with Crippen molar-refractivity contribution in [2.75, 3.05) is 18.5 Å². The van der Waals surface area contributed by atoms with Crippen LogP contribution in [0.5, 0.6) is 5.75 Å². The molecule has 0 unspecified atom stereocenters. The number of fused-ring (bicyclic) bond motifs is 4. The van der Waals surface area contributed by atoms with Gasteiger partial charge in [-0.25, -0.2) is 0 Å². The number of hydrogen-bond donors (Lipinski definition) is 3. The number of phenolic OH excluding ortho intramolecular Hbond substituents is 1. The summed E-state index contributed by atoms with van der Waals surface area (Å²) in [7, 11) is 0. The van der Waals surface area contributed by atoms with E-state index in [0.29, 0.717) is 29.3 Å². The molecule has 8 nitrogen and oxygen atoms in total. The number of amides is 3. The van der Waals surface area contributed by atoms with Crippen LogP contribution in [0.4, 0.5) is 5.69 Å². The van der Waals surface area contributed by atoms with Crippen molar-refractivity contribution < 1.29 is 24.2 Å². The third-order valence-corrected chi connectivity index (χ3v) is 7.91. The van der Waals surface area contributed by atoms with Crippen molar-refractivity contribution in [1.82, 2.24) is 10.2 Å². The maximum absolute atomic E-state index is 13.8. The van der Waals surface area contributed by atoms with Gasteiger partial charge in [-0.2, -0.15) is 0 Å². The Labute approximate surface area is 201 Å². The fourth-order valence-corrected chi connectivity index (χ4v) is 6.31. The Balaban J connectivity index is 1.43. The number of anilines is 1. The second-order valence-corrected chi connectivity index (χ2v) is 9.88. The summed E-state index contributed by atoms with van der Waals surface area (Å²) in [5.74, 6) is -2.46. The lowest BCUT2D eigenvalue weighted by molar-refractivity contribution is -0.144. The van der Waals surface area contributed by atoms with E-state index in [2.05, 4.69) is 10.6 Å². The number of hydrogen-bond acceptors (Lipinski definition) is 6. The Hall–Kier alpha value is -2.94. The lowest BCUT2D eigenvalue weighted by Crippen LogP contribution is -2.54. The second kappa shape index (κ2) is 7.80. The first-order valence-corrected chi connectivity index (χ1v) is 11.9. The number of benzene rings is 2. The van der Waals surface area contributed by atoms with Crippen LogP contribution in [0.15, 0.2) is 42.5 Å². The highest BCUT2D eigenvalue weighted by Gasteiger charge is 2.70. The van der Waals surface area contributed by atoms with Crippen LogP contribution in [0.3, 0.4) is 0 Å². The topological polar surface area (TPSA) is 108 Å². The summed E-state index contributed by atoms with van der Waals surface area (Å²) in [6.07, 6.45) is 1.94. The Morgan fingerprint density at radius 3 is 2.65 bits per heavy atom. The quantitative estimate of drug-likeness (QED) is 0.578. The standard InChI is InChI=1S/C25H24ClN3O5/c26-17-5-1-4-16-21(17)27-24(33)25(16)20-19(18(28-25)11-13-6-8-14(30)9-7-13)22(31)29(23(20)32)12-15-3-2-10-34-15/h1,4-9,15,18-20,28,30H,2-3,10-12H2,(H,27,33)/t15-,18-,19+,20-,25-/m0/s1. The van der Waals surface area contributed by atoms with E-state index in [1.54, 1.807) is 42.5 Å². The summed E-state index contributed by atoms with van der Waals surface area (Å²) in [6, 6.07) is 11.5. The van der Waals surface area contributed by atoms with Crippen LogP contribution >= 0.6 is 11.6 Å². The van der Waals surface area contributed by atoms with Crippen molar-refractivity contribution in [3.63, 3.8) is 0 Å². The van der Waals surface area contributed by atoms with Gasteiger partial charge >= 0.3 is 0 Å². The molecule has 3 saturated heterocycles. The Bertz CT molecular complexity index is 1200. The fraction of sp³-hybridized carbons (Fsp3) is 0.400. The molecular formula is C25H24ClN3O5. The van der Waals surface area contributed by atoms with Gasteiger partial charge in [0.2, 0.25) is 17.7 Å². The second-order valence-electron chi connectivity index (χ2n) is 9.47. The summed E-state index contributed by atoms with van der Waals surface area (Å²) in [5, 5.41) is 16.3. The van der Waals surface area contributed by atoms with Crippen LogP contribution in [0.2, 0.25) is 5.02 Å².